The average Bonchev–Trinajstić information content (AvgIpc) is 2.24. The first-order valence-corrected chi connectivity index (χ1v) is 4.83. The maximum atomic E-state index is 12.6. The highest BCUT2D eigenvalue weighted by molar-refractivity contribution is 9.10. The largest absolute Gasteiger partial charge is 0.289 e. The van der Waals surface area contributed by atoms with Crippen molar-refractivity contribution in [3.8, 4) is 5.82 Å². The van der Waals surface area contributed by atoms with E-state index in [9.17, 15) is 9.18 Å². The summed E-state index contributed by atoms with van der Waals surface area (Å²) in [7, 11) is 0. The lowest BCUT2D eigenvalue weighted by Crippen LogP contribution is -2.20. The van der Waals surface area contributed by atoms with Crippen molar-refractivity contribution in [2.45, 2.75) is 0 Å². The Morgan fingerprint density at radius 1 is 1.33 bits per heavy atom. The topological polar surface area (TPSA) is 47.8 Å². The second kappa shape index (κ2) is 3.90. The summed E-state index contributed by atoms with van der Waals surface area (Å²) in [6.07, 6.45) is 3.97. The van der Waals surface area contributed by atoms with Crippen LogP contribution in [0.1, 0.15) is 0 Å². The molecule has 0 fully saturated rings. The lowest BCUT2D eigenvalue weighted by atomic mass is 10.4. The van der Waals surface area contributed by atoms with Gasteiger partial charge in [-0.1, -0.05) is 0 Å². The second-order valence-electron chi connectivity index (χ2n) is 2.73. The van der Waals surface area contributed by atoms with Gasteiger partial charge in [0.15, 0.2) is 4.60 Å². The van der Waals surface area contributed by atoms with Gasteiger partial charge in [0.05, 0.1) is 6.20 Å². The van der Waals surface area contributed by atoms with Crippen LogP contribution >= 0.6 is 15.9 Å². The number of halogens is 2. The number of hydrogen-bond acceptors (Lipinski definition) is 3. The maximum Gasteiger partial charge on any atom is 0.289 e. The number of pyridine rings is 1. The predicted octanol–water partition coefficient (Wildman–Crippen LogP) is 1.53. The summed E-state index contributed by atoms with van der Waals surface area (Å²) < 4.78 is 14.1. The Bertz CT molecular complexity index is 538. The first-order valence-electron chi connectivity index (χ1n) is 4.03. The molecule has 0 aliphatic heterocycles. The van der Waals surface area contributed by atoms with Crippen LogP contribution < -0.4 is 5.56 Å². The maximum absolute atomic E-state index is 12.6. The zero-order chi connectivity index (χ0) is 10.8. The Morgan fingerprint density at radius 3 is 2.80 bits per heavy atom. The lowest BCUT2D eigenvalue weighted by Gasteiger charge is -2.03. The van der Waals surface area contributed by atoms with E-state index in [4.69, 9.17) is 0 Å². The van der Waals surface area contributed by atoms with Crippen molar-refractivity contribution >= 4 is 15.9 Å². The van der Waals surface area contributed by atoms with Crippen LogP contribution in [0.3, 0.4) is 0 Å². The smallest absolute Gasteiger partial charge is 0.266 e. The van der Waals surface area contributed by atoms with Crippen LogP contribution in [-0.4, -0.2) is 14.5 Å². The highest BCUT2D eigenvalue weighted by Crippen LogP contribution is 2.03. The van der Waals surface area contributed by atoms with Crippen LogP contribution in [0.25, 0.3) is 5.82 Å². The van der Waals surface area contributed by atoms with Crippen molar-refractivity contribution < 1.29 is 4.39 Å². The Kier molecular flexibility index (Phi) is 2.59. The van der Waals surface area contributed by atoms with Crippen molar-refractivity contribution in [1.29, 1.82) is 0 Å². The minimum Gasteiger partial charge on any atom is -0.266 e. The summed E-state index contributed by atoms with van der Waals surface area (Å²) in [6.45, 7) is 0. The normalized spacial score (nSPS) is 10.3. The van der Waals surface area contributed by atoms with E-state index in [0.29, 0.717) is 5.82 Å². The predicted molar refractivity (Wildman–Crippen MR) is 55.3 cm³/mol. The summed E-state index contributed by atoms with van der Waals surface area (Å²) in [5.74, 6) is -0.0931. The quantitative estimate of drug-likeness (QED) is 0.789. The summed E-state index contributed by atoms with van der Waals surface area (Å²) in [5.41, 5.74) is -0.336. The molecule has 0 saturated carbocycles. The number of hydrogen-bond donors (Lipinski definition) is 0. The van der Waals surface area contributed by atoms with Crippen LogP contribution in [0.4, 0.5) is 4.39 Å². The van der Waals surface area contributed by atoms with Crippen LogP contribution in [0.15, 0.2) is 40.1 Å². The van der Waals surface area contributed by atoms with E-state index < -0.39 is 5.82 Å². The zero-order valence-corrected chi connectivity index (χ0v) is 8.98. The highest BCUT2D eigenvalue weighted by atomic mass is 79.9. The third kappa shape index (κ3) is 1.94. The van der Waals surface area contributed by atoms with Gasteiger partial charge in [-0.2, -0.15) is 0 Å². The van der Waals surface area contributed by atoms with Crippen molar-refractivity contribution in [1.82, 2.24) is 14.5 Å². The summed E-state index contributed by atoms with van der Waals surface area (Å²) in [5, 5.41) is 0. The molecule has 0 N–H and O–H groups in total. The van der Waals surface area contributed by atoms with E-state index in [-0.39, 0.29) is 10.2 Å². The molecule has 2 aromatic heterocycles. The van der Waals surface area contributed by atoms with Crippen molar-refractivity contribution in [3.63, 3.8) is 0 Å². The minimum absolute atomic E-state index is 0.191. The monoisotopic (exact) mass is 269 g/mol. The molecule has 0 radical (unpaired) electrons. The van der Waals surface area contributed by atoms with Gasteiger partial charge in [-0.05, 0) is 28.1 Å². The van der Waals surface area contributed by atoms with Crippen molar-refractivity contribution in [2.75, 3.05) is 0 Å². The van der Waals surface area contributed by atoms with Crippen LogP contribution in [0, 0.1) is 5.82 Å². The Balaban J connectivity index is 2.59. The third-order valence-corrected chi connectivity index (χ3v) is 2.30. The molecule has 76 valence electrons. The summed E-state index contributed by atoms with van der Waals surface area (Å²) >= 11 is 3.01. The van der Waals surface area contributed by atoms with Crippen LogP contribution in [0.5, 0.6) is 0 Å². The fourth-order valence-electron chi connectivity index (χ4n) is 1.08. The lowest BCUT2D eigenvalue weighted by molar-refractivity contribution is 0.620. The van der Waals surface area contributed by atoms with E-state index in [1.807, 2.05) is 0 Å². The van der Waals surface area contributed by atoms with E-state index in [1.54, 1.807) is 0 Å². The molecule has 2 rings (SSSR count). The van der Waals surface area contributed by atoms with Gasteiger partial charge in [0.25, 0.3) is 5.56 Å². The molecule has 4 nitrogen and oxygen atoms in total. The fourth-order valence-corrected chi connectivity index (χ4v) is 1.39. The molecule has 0 aliphatic rings. The highest BCUT2D eigenvalue weighted by Gasteiger charge is 2.04. The molecule has 6 heteroatoms. The van der Waals surface area contributed by atoms with E-state index in [2.05, 4.69) is 25.9 Å². The van der Waals surface area contributed by atoms with E-state index in [0.717, 1.165) is 6.20 Å². The first kappa shape index (κ1) is 9.97. The molecule has 0 saturated heterocycles. The molecule has 0 atom stereocenters. The molecular weight excluding hydrogens is 265 g/mol. The fraction of sp³-hybridized carbons (Fsp3) is 0. The van der Waals surface area contributed by atoms with Gasteiger partial charge in [-0.15, -0.1) is 0 Å². The second-order valence-corrected chi connectivity index (χ2v) is 3.48. The molecule has 0 unspecified atom stereocenters. The Hall–Kier alpha value is -1.56. The van der Waals surface area contributed by atoms with Crippen molar-refractivity contribution in [3.05, 3.63) is 51.5 Å². The first-order chi connectivity index (χ1) is 7.18. The Labute approximate surface area is 92.6 Å². The zero-order valence-electron chi connectivity index (χ0n) is 7.39. The van der Waals surface area contributed by atoms with Gasteiger partial charge in [-0.3, -0.25) is 9.36 Å². The summed E-state index contributed by atoms with van der Waals surface area (Å²) in [6, 6.07) is 2.66. The molecule has 0 bridgehead atoms. The molecule has 2 heterocycles. The van der Waals surface area contributed by atoms with Crippen LogP contribution in [-0.2, 0) is 0 Å². The average molecular weight is 270 g/mol. The molecule has 15 heavy (non-hydrogen) atoms. The molecule has 0 aromatic carbocycles. The molecule has 0 aliphatic carbocycles. The van der Waals surface area contributed by atoms with E-state index in [1.165, 1.54) is 29.1 Å². The van der Waals surface area contributed by atoms with Crippen LogP contribution in [0.2, 0.25) is 0 Å². The minimum atomic E-state index is -0.445. The van der Waals surface area contributed by atoms with Gasteiger partial charge in [0, 0.05) is 12.4 Å². The van der Waals surface area contributed by atoms with Gasteiger partial charge in [-0.25, -0.2) is 14.4 Å². The number of rotatable bonds is 1. The van der Waals surface area contributed by atoms with Crippen molar-refractivity contribution in [2.24, 2.45) is 0 Å². The number of aromatic nitrogens is 3. The molecule has 0 spiro atoms. The van der Waals surface area contributed by atoms with Gasteiger partial charge < -0.3 is 0 Å². The number of nitrogens with zero attached hydrogens (tertiary/aromatic N) is 3. The summed E-state index contributed by atoms with van der Waals surface area (Å²) in [4.78, 5) is 19.1. The molecular formula is C9H5BrFN3O. The van der Waals surface area contributed by atoms with Gasteiger partial charge in [0.1, 0.15) is 11.6 Å². The molecule has 0 amide bonds. The van der Waals surface area contributed by atoms with Gasteiger partial charge >= 0.3 is 0 Å². The molecule has 2 aromatic rings. The standard InChI is InChI=1S/C9H5BrFN3O/c10-8-9(15)14(4-3-12-8)7-2-1-6(11)5-13-7/h1-5H. The van der Waals surface area contributed by atoms with Gasteiger partial charge in [0.2, 0.25) is 0 Å². The Morgan fingerprint density at radius 2 is 2.13 bits per heavy atom. The third-order valence-electron chi connectivity index (χ3n) is 1.76. The van der Waals surface area contributed by atoms with E-state index >= 15 is 0 Å². The SMILES string of the molecule is O=c1c(Br)nccn1-c1ccc(F)cn1.